The monoisotopic (exact) mass is 393 g/mol. The molecule has 0 aliphatic carbocycles. The summed E-state index contributed by atoms with van der Waals surface area (Å²) < 4.78 is 1.48. The van der Waals surface area contributed by atoms with Crippen molar-refractivity contribution in [2.45, 2.75) is 19.0 Å². The van der Waals surface area contributed by atoms with Crippen LogP contribution in [0.5, 0.6) is 0 Å². The van der Waals surface area contributed by atoms with E-state index in [9.17, 15) is 9.59 Å². The van der Waals surface area contributed by atoms with Crippen molar-refractivity contribution in [1.82, 2.24) is 9.55 Å². The van der Waals surface area contributed by atoms with Gasteiger partial charge in [-0.3, -0.25) is 14.2 Å². The number of fused-ring (bicyclic) bond motifs is 1. The first-order chi connectivity index (χ1) is 11.8. The lowest BCUT2D eigenvalue weighted by atomic mass is 10.2. The Balaban J connectivity index is 1.76. The number of thioether (sulfide) groups is 1. The minimum Gasteiger partial charge on any atom is -0.325 e. The second kappa shape index (κ2) is 7.19. The normalized spacial score (nSPS) is 11.0. The lowest BCUT2D eigenvalue weighted by molar-refractivity contribution is -0.113. The maximum absolute atomic E-state index is 12.4. The number of benzene rings is 1. The molecule has 0 unspecified atom stereocenters. The third kappa shape index (κ3) is 3.89. The minimum atomic E-state index is -0.174. The molecule has 0 saturated heterocycles. The molecule has 2 heterocycles. The number of rotatable bonds is 4. The topological polar surface area (TPSA) is 64.0 Å². The minimum absolute atomic E-state index is 0.0945. The lowest BCUT2D eigenvalue weighted by Crippen LogP contribution is -2.21. The Morgan fingerprint density at radius 1 is 1.36 bits per heavy atom. The molecule has 1 aromatic carbocycles. The van der Waals surface area contributed by atoms with Gasteiger partial charge < -0.3 is 5.32 Å². The van der Waals surface area contributed by atoms with Crippen molar-refractivity contribution in [3.05, 3.63) is 50.1 Å². The van der Waals surface area contributed by atoms with E-state index in [-0.39, 0.29) is 17.2 Å². The average molecular weight is 394 g/mol. The largest absolute Gasteiger partial charge is 0.325 e. The number of halogens is 1. The van der Waals surface area contributed by atoms with Gasteiger partial charge in [0.1, 0.15) is 4.83 Å². The first-order valence-corrected chi connectivity index (χ1v) is 9.69. The number of aryl methyl sites for hydroxylation is 2. The molecule has 0 spiro atoms. The van der Waals surface area contributed by atoms with Crippen LogP contribution in [0.3, 0.4) is 0 Å². The maximum atomic E-state index is 12.4. The fourth-order valence-corrected chi connectivity index (χ4v) is 4.21. The highest BCUT2D eigenvalue weighted by Crippen LogP contribution is 2.24. The van der Waals surface area contributed by atoms with Crippen LogP contribution in [0.15, 0.2) is 34.2 Å². The smallest absolute Gasteiger partial charge is 0.262 e. The van der Waals surface area contributed by atoms with Gasteiger partial charge in [0.15, 0.2) is 5.16 Å². The van der Waals surface area contributed by atoms with Gasteiger partial charge in [-0.25, -0.2) is 4.98 Å². The van der Waals surface area contributed by atoms with Crippen molar-refractivity contribution in [3.8, 4) is 0 Å². The van der Waals surface area contributed by atoms with Crippen molar-refractivity contribution >= 4 is 56.5 Å². The number of carbonyl (C=O) groups excluding carboxylic acids is 1. The maximum Gasteiger partial charge on any atom is 0.262 e. The molecule has 5 nitrogen and oxygen atoms in total. The molecule has 3 aromatic rings. The Morgan fingerprint density at radius 2 is 2.12 bits per heavy atom. The first-order valence-electron chi connectivity index (χ1n) is 7.51. The van der Waals surface area contributed by atoms with E-state index in [1.54, 1.807) is 19.2 Å². The average Bonchev–Trinajstić information content (AvgIpc) is 2.93. The molecule has 1 amide bonds. The van der Waals surface area contributed by atoms with Crippen molar-refractivity contribution in [1.29, 1.82) is 0 Å². The van der Waals surface area contributed by atoms with Crippen LogP contribution in [0.25, 0.3) is 10.2 Å². The molecule has 0 aliphatic heterocycles. The van der Waals surface area contributed by atoms with Crippen LogP contribution in [0.1, 0.15) is 10.4 Å². The van der Waals surface area contributed by atoms with Gasteiger partial charge in [-0.05, 0) is 37.6 Å². The van der Waals surface area contributed by atoms with Gasteiger partial charge in [-0.1, -0.05) is 29.4 Å². The molecule has 8 heteroatoms. The summed E-state index contributed by atoms with van der Waals surface area (Å²) in [5, 5.41) is 4.55. The van der Waals surface area contributed by atoms with Crippen LogP contribution >= 0.6 is 34.7 Å². The van der Waals surface area contributed by atoms with Crippen LogP contribution < -0.4 is 10.9 Å². The Hall–Kier alpha value is -1.83. The van der Waals surface area contributed by atoms with Gasteiger partial charge in [0.05, 0.1) is 11.1 Å². The third-order valence-corrected chi connectivity index (χ3v) is 5.87. The van der Waals surface area contributed by atoms with Gasteiger partial charge in [0.2, 0.25) is 5.91 Å². The highest BCUT2D eigenvalue weighted by Gasteiger charge is 2.13. The second-order valence-corrected chi connectivity index (χ2v) is 8.24. The summed E-state index contributed by atoms with van der Waals surface area (Å²) in [6, 6.07) is 7.19. The molecule has 3 rings (SSSR count). The molecule has 0 atom stereocenters. The van der Waals surface area contributed by atoms with Gasteiger partial charge in [-0.2, -0.15) is 0 Å². The van der Waals surface area contributed by atoms with E-state index in [1.807, 2.05) is 26.0 Å². The Labute approximate surface area is 158 Å². The van der Waals surface area contributed by atoms with Crippen LogP contribution in [0.4, 0.5) is 5.69 Å². The van der Waals surface area contributed by atoms with E-state index in [2.05, 4.69) is 10.3 Å². The van der Waals surface area contributed by atoms with E-state index in [1.165, 1.54) is 27.7 Å². The molecule has 0 saturated carbocycles. The van der Waals surface area contributed by atoms with E-state index < -0.39 is 0 Å². The predicted octanol–water partition coefficient (Wildman–Crippen LogP) is 4.00. The number of carbonyl (C=O) groups is 1. The molecule has 0 fully saturated rings. The van der Waals surface area contributed by atoms with Crippen molar-refractivity contribution in [3.63, 3.8) is 0 Å². The SMILES string of the molecule is Cc1cc2c(=O)n(C)c(SCC(=O)Nc3cc(Cl)ccc3C)nc2s1. The van der Waals surface area contributed by atoms with Crippen molar-refractivity contribution in [2.24, 2.45) is 7.05 Å². The summed E-state index contributed by atoms with van der Waals surface area (Å²) >= 11 is 8.68. The van der Waals surface area contributed by atoms with Gasteiger partial charge in [-0.15, -0.1) is 11.3 Å². The van der Waals surface area contributed by atoms with Crippen molar-refractivity contribution < 1.29 is 4.79 Å². The summed E-state index contributed by atoms with van der Waals surface area (Å²) in [5.41, 5.74) is 1.52. The molecule has 2 aromatic heterocycles. The number of amides is 1. The lowest BCUT2D eigenvalue weighted by Gasteiger charge is -2.10. The van der Waals surface area contributed by atoms with Gasteiger partial charge in [0, 0.05) is 22.6 Å². The number of hydrogen-bond donors (Lipinski definition) is 1. The molecule has 0 radical (unpaired) electrons. The summed E-state index contributed by atoms with van der Waals surface area (Å²) in [5.74, 6) is -0.0191. The van der Waals surface area contributed by atoms with E-state index in [0.717, 1.165) is 10.4 Å². The van der Waals surface area contributed by atoms with Crippen molar-refractivity contribution in [2.75, 3.05) is 11.1 Å². The summed E-state index contributed by atoms with van der Waals surface area (Å²) in [4.78, 5) is 30.9. The number of hydrogen-bond acceptors (Lipinski definition) is 5. The number of nitrogens with one attached hydrogen (secondary N) is 1. The van der Waals surface area contributed by atoms with Crippen LogP contribution in [-0.2, 0) is 11.8 Å². The predicted molar refractivity (Wildman–Crippen MR) is 105 cm³/mol. The number of thiophene rings is 1. The molecule has 130 valence electrons. The zero-order valence-corrected chi connectivity index (χ0v) is 16.3. The van der Waals surface area contributed by atoms with Gasteiger partial charge >= 0.3 is 0 Å². The fourth-order valence-electron chi connectivity index (χ4n) is 2.34. The molecular weight excluding hydrogens is 378 g/mol. The quantitative estimate of drug-likeness (QED) is 0.537. The van der Waals surface area contributed by atoms with Crippen LogP contribution in [0, 0.1) is 13.8 Å². The van der Waals surface area contributed by atoms with Crippen LogP contribution in [0.2, 0.25) is 5.02 Å². The molecule has 1 N–H and O–H groups in total. The zero-order chi connectivity index (χ0) is 18.1. The molecular formula is C17H16ClN3O2S2. The first kappa shape index (κ1) is 18.0. The molecule has 0 bridgehead atoms. The van der Waals surface area contributed by atoms with Gasteiger partial charge in [0.25, 0.3) is 5.56 Å². The van der Waals surface area contributed by atoms with E-state index in [4.69, 9.17) is 11.6 Å². The molecule has 0 aliphatic rings. The van der Waals surface area contributed by atoms with E-state index >= 15 is 0 Å². The third-order valence-electron chi connectivity index (χ3n) is 3.66. The number of aromatic nitrogens is 2. The fraction of sp³-hybridized carbons (Fsp3) is 0.235. The summed E-state index contributed by atoms with van der Waals surface area (Å²) in [7, 11) is 1.67. The molecule has 25 heavy (non-hydrogen) atoms. The Bertz CT molecular complexity index is 1030. The zero-order valence-electron chi connectivity index (χ0n) is 13.9. The summed E-state index contributed by atoms with van der Waals surface area (Å²) in [6.45, 7) is 3.84. The second-order valence-electron chi connectivity index (χ2n) is 5.63. The highest BCUT2D eigenvalue weighted by molar-refractivity contribution is 7.99. The van der Waals surface area contributed by atoms with Crippen LogP contribution in [-0.4, -0.2) is 21.2 Å². The standard InChI is InChI=1S/C17H16ClN3O2S2/c1-9-4-5-11(18)7-13(9)19-14(22)8-24-17-20-15-12(6-10(2)25-15)16(23)21(17)3/h4-7H,8H2,1-3H3,(H,19,22). The number of anilines is 1. The Morgan fingerprint density at radius 3 is 2.88 bits per heavy atom. The van der Waals surface area contributed by atoms with E-state index in [0.29, 0.717) is 26.1 Å². The Kier molecular flexibility index (Phi) is 5.17. The number of nitrogens with zero attached hydrogens (tertiary/aromatic N) is 2. The summed E-state index contributed by atoms with van der Waals surface area (Å²) in [6.07, 6.45) is 0. The highest BCUT2D eigenvalue weighted by atomic mass is 35.5.